The molecule has 1 saturated heterocycles. The fraction of sp³-hybridized carbons (Fsp3) is 0.600. The number of nitrogens with zero attached hydrogens (tertiary/aromatic N) is 1. The van der Waals surface area contributed by atoms with Gasteiger partial charge in [-0.3, -0.25) is 24.1 Å². The summed E-state index contributed by atoms with van der Waals surface area (Å²) < 4.78 is 22.5. The second-order valence-corrected chi connectivity index (χ2v) is 11.5. The maximum Gasteiger partial charge on any atom is 0.311 e. The van der Waals surface area contributed by atoms with E-state index in [0.29, 0.717) is 37.4 Å². The first-order chi connectivity index (χ1) is 20.3. The van der Waals surface area contributed by atoms with Gasteiger partial charge >= 0.3 is 5.97 Å². The Balaban J connectivity index is 1.47. The summed E-state index contributed by atoms with van der Waals surface area (Å²) in [6.07, 6.45) is -2.57. The summed E-state index contributed by atoms with van der Waals surface area (Å²) in [5.41, 5.74) is 0.744. The van der Waals surface area contributed by atoms with E-state index in [1.807, 2.05) is 12.1 Å². The number of esters is 1. The molecule has 0 aliphatic carbocycles. The highest BCUT2D eigenvalue weighted by Gasteiger charge is 2.43. The van der Waals surface area contributed by atoms with Crippen LogP contribution < -0.4 is 10.1 Å². The fourth-order valence-corrected chi connectivity index (χ4v) is 4.31. The van der Waals surface area contributed by atoms with Gasteiger partial charge in [0.05, 0.1) is 18.1 Å². The van der Waals surface area contributed by atoms with Crippen molar-refractivity contribution in [2.24, 2.45) is 5.41 Å². The molecule has 5 atom stereocenters. The number of nitrogens with one attached hydrogen (secondary N) is 1. The first kappa shape index (κ1) is 34.1. The van der Waals surface area contributed by atoms with Gasteiger partial charge in [-0.2, -0.15) is 0 Å². The van der Waals surface area contributed by atoms with E-state index in [4.69, 9.17) is 18.9 Å². The minimum absolute atomic E-state index is 0.0136. The third-order valence-electron chi connectivity index (χ3n) is 6.93. The third kappa shape index (κ3) is 9.83. The van der Waals surface area contributed by atoms with E-state index in [0.717, 1.165) is 10.5 Å². The van der Waals surface area contributed by atoms with Crippen LogP contribution in [0, 0.1) is 5.41 Å². The van der Waals surface area contributed by atoms with E-state index >= 15 is 0 Å². The number of benzene rings is 1. The van der Waals surface area contributed by atoms with Gasteiger partial charge < -0.3 is 39.6 Å². The summed E-state index contributed by atoms with van der Waals surface area (Å²) in [6, 6.07) is 5.31. The SMILES string of the molecule is C[C@H]1O[C@@H](Oc2ccc(CCCOCCNC(=O)CCN3C(=O)C=CC3=O)cc2COC(=O)C(C)(C)C)[C@H](O)[C@@H](O)[C@@H]1O. The van der Waals surface area contributed by atoms with Crippen LogP contribution in [0.25, 0.3) is 0 Å². The number of hydrogen-bond acceptors (Lipinski definition) is 11. The molecule has 2 aliphatic rings. The predicted molar refractivity (Wildman–Crippen MR) is 151 cm³/mol. The first-order valence-electron chi connectivity index (χ1n) is 14.3. The normalized spacial score (nSPS) is 23.9. The monoisotopic (exact) mass is 606 g/mol. The molecule has 0 spiro atoms. The van der Waals surface area contributed by atoms with Crippen LogP contribution in [0.4, 0.5) is 0 Å². The molecule has 43 heavy (non-hydrogen) atoms. The van der Waals surface area contributed by atoms with Crippen LogP contribution in [0.3, 0.4) is 0 Å². The van der Waals surface area contributed by atoms with E-state index in [-0.39, 0.29) is 32.0 Å². The Hall–Kier alpha value is -3.36. The summed E-state index contributed by atoms with van der Waals surface area (Å²) >= 11 is 0. The molecule has 238 valence electrons. The van der Waals surface area contributed by atoms with Crippen molar-refractivity contribution >= 4 is 23.7 Å². The molecule has 3 rings (SSSR count). The van der Waals surface area contributed by atoms with E-state index < -0.39 is 53.9 Å². The Labute approximate surface area is 250 Å². The Morgan fingerprint density at radius 1 is 1.02 bits per heavy atom. The van der Waals surface area contributed by atoms with E-state index in [1.165, 1.54) is 12.2 Å². The number of hydrogen-bond donors (Lipinski definition) is 4. The molecule has 1 aromatic rings. The molecule has 2 heterocycles. The quantitative estimate of drug-likeness (QED) is 0.130. The van der Waals surface area contributed by atoms with Crippen LogP contribution in [0.2, 0.25) is 0 Å². The number of aryl methyl sites for hydroxylation is 1. The van der Waals surface area contributed by atoms with E-state index in [2.05, 4.69) is 5.32 Å². The minimum Gasteiger partial charge on any atom is -0.462 e. The van der Waals surface area contributed by atoms with Crippen molar-refractivity contribution in [3.05, 3.63) is 41.5 Å². The molecule has 2 aliphatic heterocycles. The third-order valence-corrected chi connectivity index (χ3v) is 6.93. The lowest BCUT2D eigenvalue weighted by Crippen LogP contribution is -2.58. The van der Waals surface area contributed by atoms with Crippen molar-refractivity contribution in [1.82, 2.24) is 10.2 Å². The topological polar surface area (TPSA) is 181 Å². The largest absolute Gasteiger partial charge is 0.462 e. The van der Waals surface area contributed by atoms with Gasteiger partial charge in [-0.15, -0.1) is 0 Å². The highest BCUT2D eigenvalue weighted by atomic mass is 16.7. The van der Waals surface area contributed by atoms with Gasteiger partial charge in [-0.1, -0.05) is 6.07 Å². The van der Waals surface area contributed by atoms with Crippen LogP contribution in [0.1, 0.15) is 51.7 Å². The molecule has 0 aromatic heterocycles. The standard InChI is InChI=1S/C30H42N2O11/c1-18-25(36)26(37)27(38)28(42-18)43-21-8-7-19(16-20(21)17-41-29(39)30(2,3)4)6-5-14-40-15-12-31-22(33)11-13-32-23(34)9-10-24(32)35/h7-10,16,18,25-28,36-38H,5-6,11-15,17H2,1-4H3,(H,31,33)/t18-,25-,26+,27-,28+/m1/s1. The number of imide groups is 1. The van der Waals surface area contributed by atoms with Gasteiger partial charge in [-0.25, -0.2) is 0 Å². The summed E-state index contributed by atoms with van der Waals surface area (Å²) in [6.45, 7) is 7.72. The molecule has 0 saturated carbocycles. The number of aliphatic hydroxyl groups excluding tert-OH is 3. The molecular formula is C30H42N2O11. The van der Waals surface area contributed by atoms with E-state index in [9.17, 15) is 34.5 Å². The number of aliphatic hydroxyl groups is 3. The maximum atomic E-state index is 12.4. The van der Waals surface area contributed by atoms with Crippen molar-refractivity contribution in [2.45, 2.75) is 84.3 Å². The lowest BCUT2D eigenvalue weighted by Gasteiger charge is -2.39. The molecular weight excluding hydrogens is 564 g/mol. The summed E-state index contributed by atoms with van der Waals surface area (Å²) in [5, 5.41) is 33.2. The molecule has 0 bridgehead atoms. The van der Waals surface area contributed by atoms with Gasteiger partial charge in [0.15, 0.2) is 0 Å². The first-order valence-corrected chi connectivity index (χ1v) is 14.3. The minimum atomic E-state index is -1.49. The summed E-state index contributed by atoms with van der Waals surface area (Å²) in [4.78, 5) is 48.4. The van der Waals surface area contributed by atoms with Crippen molar-refractivity contribution < 1.29 is 53.4 Å². The smallest absolute Gasteiger partial charge is 0.311 e. The second-order valence-electron chi connectivity index (χ2n) is 11.5. The highest BCUT2D eigenvalue weighted by molar-refractivity contribution is 6.13. The molecule has 1 aromatic carbocycles. The Morgan fingerprint density at radius 2 is 1.72 bits per heavy atom. The average Bonchev–Trinajstić information content (AvgIpc) is 3.28. The molecule has 3 amide bonds. The highest BCUT2D eigenvalue weighted by Crippen LogP contribution is 2.29. The Bertz CT molecular complexity index is 1160. The fourth-order valence-electron chi connectivity index (χ4n) is 4.31. The lowest BCUT2D eigenvalue weighted by molar-refractivity contribution is -0.268. The Morgan fingerprint density at radius 3 is 2.40 bits per heavy atom. The van der Waals surface area contributed by atoms with Crippen molar-refractivity contribution in [1.29, 1.82) is 0 Å². The number of carbonyl (C=O) groups excluding carboxylic acids is 4. The molecule has 0 unspecified atom stereocenters. The van der Waals surface area contributed by atoms with Crippen molar-refractivity contribution in [3.63, 3.8) is 0 Å². The van der Waals surface area contributed by atoms with Gasteiger partial charge in [-0.05, 0) is 58.2 Å². The predicted octanol–water partition coefficient (Wildman–Crippen LogP) is 0.363. The van der Waals surface area contributed by atoms with Crippen LogP contribution in [0.5, 0.6) is 5.75 Å². The van der Waals surface area contributed by atoms with Gasteiger partial charge in [0, 0.05) is 43.8 Å². The summed E-state index contributed by atoms with van der Waals surface area (Å²) in [7, 11) is 0. The number of carbonyl (C=O) groups is 4. The van der Waals surface area contributed by atoms with Gasteiger partial charge in [0.1, 0.15) is 30.7 Å². The van der Waals surface area contributed by atoms with Crippen molar-refractivity contribution in [2.75, 3.05) is 26.3 Å². The van der Waals surface area contributed by atoms with Crippen LogP contribution in [-0.4, -0.2) is 101 Å². The molecule has 13 heteroatoms. The van der Waals surface area contributed by atoms with E-state index in [1.54, 1.807) is 33.8 Å². The summed E-state index contributed by atoms with van der Waals surface area (Å²) in [5.74, 6) is -1.24. The molecule has 1 fully saturated rings. The molecule has 4 N–H and O–H groups in total. The van der Waals surface area contributed by atoms with Crippen LogP contribution in [-0.2, 0) is 46.4 Å². The maximum absolute atomic E-state index is 12.4. The zero-order chi connectivity index (χ0) is 31.7. The number of amides is 3. The van der Waals surface area contributed by atoms with Crippen LogP contribution >= 0.6 is 0 Å². The van der Waals surface area contributed by atoms with Gasteiger partial charge in [0.2, 0.25) is 12.2 Å². The number of rotatable bonds is 14. The lowest BCUT2D eigenvalue weighted by atomic mass is 9.97. The second kappa shape index (κ2) is 15.4. The number of ether oxygens (including phenoxy) is 4. The van der Waals surface area contributed by atoms with Crippen LogP contribution in [0.15, 0.2) is 30.4 Å². The average molecular weight is 607 g/mol. The zero-order valence-electron chi connectivity index (χ0n) is 25.0. The molecule has 0 radical (unpaired) electrons. The zero-order valence-corrected chi connectivity index (χ0v) is 25.0. The van der Waals surface area contributed by atoms with Crippen molar-refractivity contribution in [3.8, 4) is 5.75 Å². The van der Waals surface area contributed by atoms with Gasteiger partial charge in [0.25, 0.3) is 11.8 Å². The Kier molecular flexibility index (Phi) is 12.2. The molecule has 13 nitrogen and oxygen atoms in total.